The molecular formula is C32H32BNO4S2. The van der Waals surface area contributed by atoms with Crippen molar-refractivity contribution in [3.05, 3.63) is 84.9 Å². The van der Waals surface area contributed by atoms with Gasteiger partial charge in [-0.15, -0.1) is 22.7 Å². The van der Waals surface area contributed by atoms with E-state index in [1.165, 1.54) is 19.8 Å². The minimum Gasteiger partial charge on any atom is -0.497 e. The van der Waals surface area contributed by atoms with Crippen LogP contribution < -0.4 is 19.2 Å². The number of nitrogens with zero attached hydrogens (tertiary/aromatic N) is 1. The number of ether oxygens (including phenoxy) is 2. The quantitative estimate of drug-likeness (QED) is 0.184. The van der Waals surface area contributed by atoms with Gasteiger partial charge in [-0.25, -0.2) is 0 Å². The molecule has 1 aliphatic rings. The van der Waals surface area contributed by atoms with E-state index >= 15 is 0 Å². The number of methoxy groups -OCH3 is 2. The molecule has 6 rings (SSSR count). The van der Waals surface area contributed by atoms with Crippen molar-refractivity contribution in [2.45, 2.75) is 38.9 Å². The molecule has 0 saturated carbocycles. The molecule has 2 aromatic heterocycles. The van der Waals surface area contributed by atoms with E-state index in [0.29, 0.717) is 0 Å². The zero-order valence-corrected chi connectivity index (χ0v) is 25.2. The molecule has 40 heavy (non-hydrogen) atoms. The predicted octanol–water partition coefficient (Wildman–Crippen LogP) is 8.42. The third kappa shape index (κ3) is 4.90. The third-order valence-corrected chi connectivity index (χ3v) is 10.1. The van der Waals surface area contributed by atoms with Gasteiger partial charge in [0.05, 0.1) is 25.4 Å². The molecule has 0 atom stereocenters. The fourth-order valence-electron chi connectivity index (χ4n) is 4.76. The number of benzene rings is 3. The molecule has 5 aromatic rings. The summed E-state index contributed by atoms with van der Waals surface area (Å²) in [5.41, 5.74) is 3.68. The summed E-state index contributed by atoms with van der Waals surface area (Å²) < 4.78 is 26.9. The fourth-order valence-corrected chi connectivity index (χ4v) is 7.13. The van der Waals surface area contributed by atoms with Crippen LogP contribution >= 0.6 is 22.7 Å². The van der Waals surface area contributed by atoms with Crippen molar-refractivity contribution in [1.82, 2.24) is 0 Å². The molecule has 0 spiro atoms. The first kappa shape index (κ1) is 26.9. The topological polar surface area (TPSA) is 40.2 Å². The van der Waals surface area contributed by atoms with Crippen LogP contribution in [0.15, 0.2) is 84.9 Å². The molecule has 1 fully saturated rings. The Labute approximate surface area is 244 Å². The van der Waals surface area contributed by atoms with Crippen molar-refractivity contribution < 1.29 is 18.8 Å². The molecule has 0 unspecified atom stereocenters. The second kappa shape index (κ2) is 10.3. The molecule has 5 nitrogen and oxygen atoms in total. The lowest BCUT2D eigenvalue weighted by Gasteiger charge is -2.32. The molecule has 0 radical (unpaired) electrons. The lowest BCUT2D eigenvalue weighted by molar-refractivity contribution is 0.00578. The Hall–Kier alpha value is -3.30. The number of thiophene rings is 2. The minimum atomic E-state index is -0.340. The van der Waals surface area contributed by atoms with E-state index in [2.05, 4.69) is 93.3 Å². The molecule has 3 heterocycles. The van der Waals surface area contributed by atoms with Gasteiger partial charge in [0.25, 0.3) is 0 Å². The van der Waals surface area contributed by atoms with Gasteiger partial charge < -0.3 is 23.7 Å². The summed E-state index contributed by atoms with van der Waals surface area (Å²) in [6.45, 7) is 8.37. The first-order chi connectivity index (χ1) is 19.2. The van der Waals surface area contributed by atoms with Gasteiger partial charge in [0.1, 0.15) is 11.5 Å². The average molecular weight is 570 g/mol. The first-order valence-electron chi connectivity index (χ1n) is 13.2. The maximum Gasteiger partial charge on any atom is 0.505 e. The summed E-state index contributed by atoms with van der Waals surface area (Å²) in [5, 5.41) is 0. The van der Waals surface area contributed by atoms with Crippen LogP contribution in [0.5, 0.6) is 11.5 Å². The molecule has 0 amide bonds. The largest absolute Gasteiger partial charge is 0.505 e. The molecule has 0 N–H and O–H groups in total. The Morgan fingerprint density at radius 2 is 1.07 bits per heavy atom. The smallest absolute Gasteiger partial charge is 0.497 e. The number of hydrogen-bond donors (Lipinski definition) is 0. The first-order valence-corrected chi connectivity index (χ1v) is 14.9. The highest BCUT2D eigenvalue weighted by Crippen LogP contribution is 2.41. The highest BCUT2D eigenvalue weighted by molar-refractivity contribution is 7.34. The van der Waals surface area contributed by atoms with Crippen LogP contribution in [-0.4, -0.2) is 32.5 Å². The number of anilines is 3. The van der Waals surface area contributed by atoms with Crippen LogP contribution in [0.25, 0.3) is 19.8 Å². The normalized spacial score (nSPS) is 15.9. The summed E-state index contributed by atoms with van der Waals surface area (Å²) in [7, 11) is 3.05. The van der Waals surface area contributed by atoms with E-state index in [9.17, 15) is 0 Å². The maximum absolute atomic E-state index is 6.27. The molecule has 1 saturated heterocycles. The zero-order valence-electron chi connectivity index (χ0n) is 23.6. The Bertz CT molecular complexity index is 1530. The molecule has 0 bridgehead atoms. The van der Waals surface area contributed by atoms with E-state index < -0.39 is 0 Å². The lowest BCUT2D eigenvalue weighted by Crippen LogP contribution is -2.41. The third-order valence-electron chi connectivity index (χ3n) is 7.78. The van der Waals surface area contributed by atoms with Gasteiger partial charge in [0.2, 0.25) is 0 Å². The van der Waals surface area contributed by atoms with E-state index in [1.807, 2.05) is 24.3 Å². The molecule has 0 aliphatic carbocycles. The van der Waals surface area contributed by atoms with E-state index in [1.54, 1.807) is 36.9 Å². The monoisotopic (exact) mass is 569 g/mol. The van der Waals surface area contributed by atoms with Gasteiger partial charge in [-0.1, -0.05) is 12.1 Å². The van der Waals surface area contributed by atoms with Crippen molar-refractivity contribution in [1.29, 1.82) is 0 Å². The van der Waals surface area contributed by atoms with Gasteiger partial charge in [0, 0.05) is 36.1 Å². The Kier molecular flexibility index (Phi) is 6.91. The molecular weight excluding hydrogens is 537 g/mol. The van der Waals surface area contributed by atoms with E-state index in [4.69, 9.17) is 18.8 Å². The van der Waals surface area contributed by atoms with Gasteiger partial charge in [-0.2, -0.15) is 0 Å². The van der Waals surface area contributed by atoms with Crippen LogP contribution in [0.2, 0.25) is 0 Å². The summed E-state index contributed by atoms with van der Waals surface area (Å²) in [6.07, 6.45) is 0. The average Bonchev–Trinajstić information content (AvgIpc) is 3.59. The summed E-state index contributed by atoms with van der Waals surface area (Å²) in [4.78, 5) is 3.47. The molecule has 1 aliphatic heterocycles. The SMILES string of the molecule is COc1ccc(N(c2ccc(OC)cc2)c2ccc(-c3cc4sc(B5OC(C)(C)C(C)(C)O5)cc4s3)cc2)cc1. The predicted molar refractivity (Wildman–Crippen MR) is 169 cm³/mol. The number of hydrogen-bond acceptors (Lipinski definition) is 7. The Balaban J connectivity index is 1.28. The minimum absolute atomic E-state index is 0.320. The van der Waals surface area contributed by atoms with E-state index in [-0.39, 0.29) is 18.3 Å². The zero-order chi connectivity index (χ0) is 28.1. The molecule has 8 heteroatoms. The fraction of sp³-hybridized carbons (Fsp3) is 0.250. The van der Waals surface area contributed by atoms with Crippen LogP contribution in [-0.2, 0) is 9.31 Å². The van der Waals surface area contributed by atoms with Crippen molar-refractivity contribution >= 4 is 61.0 Å². The van der Waals surface area contributed by atoms with Crippen LogP contribution in [0.3, 0.4) is 0 Å². The highest BCUT2D eigenvalue weighted by Gasteiger charge is 2.52. The summed E-state index contributed by atoms with van der Waals surface area (Å²) in [6, 6.07) is 29.5. The van der Waals surface area contributed by atoms with Gasteiger partial charge in [0.15, 0.2) is 0 Å². The van der Waals surface area contributed by atoms with Crippen molar-refractivity contribution in [2.75, 3.05) is 19.1 Å². The maximum atomic E-state index is 6.27. The van der Waals surface area contributed by atoms with E-state index in [0.717, 1.165) is 33.3 Å². The summed E-state index contributed by atoms with van der Waals surface area (Å²) in [5.74, 6) is 1.65. The second-order valence-electron chi connectivity index (χ2n) is 10.9. The van der Waals surface area contributed by atoms with Crippen molar-refractivity contribution in [3.63, 3.8) is 0 Å². The number of fused-ring (bicyclic) bond motifs is 1. The van der Waals surface area contributed by atoms with Gasteiger partial charge >= 0.3 is 7.12 Å². The molecule has 3 aromatic carbocycles. The van der Waals surface area contributed by atoms with Gasteiger partial charge in [-0.3, -0.25) is 0 Å². The van der Waals surface area contributed by atoms with Gasteiger partial charge in [-0.05, 0) is 106 Å². The Morgan fingerprint density at radius 3 is 1.52 bits per heavy atom. The van der Waals surface area contributed by atoms with Crippen molar-refractivity contribution in [3.8, 4) is 21.9 Å². The lowest BCUT2D eigenvalue weighted by atomic mass is 9.88. The summed E-state index contributed by atoms with van der Waals surface area (Å²) >= 11 is 3.55. The second-order valence-corrected chi connectivity index (χ2v) is 13.1. The van der Waals surface area contributed by atoms with Crippen molar-refractivity contribution in [2.24, 2.45) is 0 Å². The van der Waals surface area contributed by atoms with Crippen LogP contribution in [0.1, 0.15) is 27.7 Å². The van der Waals surface area contributed by atoms with Crippen LogP contribution in [0, 0.1) is 0 Å². The van der Waals surface area contributed by atoms with Crippen LogP contribution in [0.4, 0.5) is 17.1 Å². The highest BCUT2D eigenvalue weighted by atomic mass is 32.1. The standard InChI is InChI=1S/C32H32BNO4S2/c1-31(2)32(3,4)38-33(37-31)30-20-29-28(40-30)19-27(39-29)21-7-9-22(10-8-21)34(23-11-15-25(35-5)16-12-23)24-13-17-26(36-6)18-14-24/h7-20H,1-6H3. The molecule has 204 valence electrons. The Morgan fingerprint density at radius 1 is 0.625 bits per heavy atom. The number of rotatable bonds is 7.